The molecule has 3 fully saturated rings. The van der Waals surface area contributed by atoms with Crippen molar-refractivity contribution in [3.05, 3.63) is 34.3 Å². The molecular weight excluding hydrogens is 463 g/mol. The van der Waals surface area contributed by atoms with Crippen LogP contribution in [-0.2, 0) is 16.0 Å². The van der Waals surface area contributed by atoms with Crippen molar-refractivity contribution in [1.29, 1.82) is 0 Å². The molecule has 178 valence electrons. The van der Waals surface area contributed by atoms with E-state index in [1.165, 1.54) is 6.07 Å². The molecule has 1 aromatic carbocycles. The van der Waals surface area contributed by atoms with Crippen LogP contribution in [0.3, 0.4) is 0 Å². The lowest BCUT2D eigenvalue weighted by Gasteiger charge is -2.40. The van der Waals surface area contributed by atoms with Crippen molar-refractivity contribution in [2.45, 2.75) is 69.2 Å². The van der Waals surface area contributed by atoms with Crippen molar-refractivity contribution in [3.63, 3.8) is 0 Å². The van der Waals surface area contributed by atoms with E-state index in [1.807, 2.05) is 0 Å². The summed E-state index contributed by atoms with van der Waals surface area (Å²) in [6, 6.07) is 3.16. The first-order valence-corrected chi connectivity index (χ1v) is 13.4. The molecule has 1 aromatic rings. The first-order valence-electron chi connectivity index (χ1n) is 11.3. The molecule has 3 aliphatic carbocycles. The standard InChI is InChI=1S/C23H29ClF3NO3S/c24-17-5-6-19(20(11-17)23(25,26)27)21(29)28-14-22(12-15-1-2-15)9-7-18(8-10-22)32(30,31)13-16-3-4-16/h5-6,11,15-16,18H,1-4,7-10,12-14H2,(H,28,29). The third-order valence-electron chi connectivity index (χ3n) is 7.24. The van der Waals surface area contributed by atoms with Gasteiger partial charge >= 0.3 is 6.18 Å². The lowest BCUT2D eigenvalue weighted by molar-refractivity contribution is -0.137. The SMILES string of the molecule is O=C(NCC1(CC2CC2)CCC(S(=O)(=O)CC2CC2)CC1)c1ccc(Cl)cc1C(F)(F)F. The van der Waals surface area contributed by atoms with E-state index in [9.17, 15) is 26.4 Å². The minimum Gasteiger partial charge on any atom is -0.351 e. The number of carbonyl (C=O) groups excluding carboxylic acids is 1. The zero-order valence-electron chi connectivity index (χ0n) is 17.9. The summed E-state index contributed by atoms with van der Waals surface area (Å²) in [4.78, 5) is 12.7. The predicted octanol–water partition coefficient (Wildman–Crippen LogP) is 5.64. The Morgan fingerprint density at radius 3 is 2.25 bits per heavy atom. The summed E-state index contributed by atoms with van der Waals surface area (Å²) < 4.78 is 65.6. The van der Waals surface area contributed by atoms with Gasteiger partial charge in [0.1, 0.15) is 0 Å². The van der Waals surface area contributed by atoms with Crippen molar-refractivity contribution < 1.29 is 26.4 Å². The third kappa shape index (κ3) is 5.79. The molecule has 0 aromatic heterocycles. The van der Waals surface area contributed by atoms with Gasteiger partial charge in [0, 0.05) is 11.6 Å². The van der Waals surface area contributed by atoms with Gasteiger partial charge in [0.15, 0.2) is 9.84 Å². The van der Waals surface area contributed by atoms with Gasteiger partial charge in [-0.1, -0.05) is 24.4 Å². The minimum atomic E-state index is -4.68. The first-order chi connectivity index (χ1) is 15.0. The number of hydrogen-bond donors (Lipinski definition) is 1. The second-order valence-corrected chi connectivity index (χ2v) is 12.8. The Kier molecular flexibility index (Phi) is 6.58. The molecule has 0 atom stereocenters. The number of nitrogens with one attached hydrogen (secondary N) is 1. The van der Waals surface area contributed by atoms with Crippen molar-refractivity contribution in [2.24, 2.45) is 17.3 Å². The maximum Gasteiger partial charge on any atom is 0.417 e. The summed E-state index contributed by atoms with van der Waals surface area (Å²) >= 11 is 5.72. The second kappa shape index (κ2) is 8.82. The molecule has 0 bridgehead atoms. The van der Waals surface area contributed by atoms with Crippen molar-refractivity contribution in [3.8, 4) is 0 Å². The van der Waals surface area contributed by atoms with Gasteiger partial charge in [0.2, 0.25) is 0 Å². The molecule has 1 amide bonds. The molecule has 9 heteroatoms. The molecule has 0 spiro atoms. The Balaban J connectivity index is 1.43. The number of carbonyl (C=O) groups is 1. The second-order valence-electron chi connectivity index (χ2n) is 9.99. The molecule has 3 aliphatic rings. The van der Waals surface area contributed by atoms with Crippen LogP contribution in [0.5, 0.6) is 0 Å². The first kappa shape index (κ1) is 23.9. The lowest BCUT2D eigenvalue weighted by Crippen LogP contribution is -2.43. The Morgan fingerprint density at radius 2 is 1.69 bits per heavy atom. The van der Waals surface area contributed by atoms with E-state index in [-0.39, 0.29) is 28.0 Å². The minimum absolute atomic E-state index is 0.0789. The van der Waals surface area contributed by atoms with Crippen LogP contribution in [0.1, 0.15) is 73.7 Å². The number of benzene rings is 1. The molecule has 4 rings (SSSR count). The van der Waals surface area contributed by atoms with Gasteiger partial charge in [-0.3, -0.25) is 4.79 Å². The topological polar surface area (TPSA) is 63.2 Å². The molecule has 0 radical (unpaired) electrons. The van der Waals surface area contributed by atoms with E-state index >= 15 is 0 Å². The van der Waals surface area contributed by atoms with Gasteiger partial charge in [-0.15, -0.1) is 0 Å². The van der Waals surface area contributed by atoms with Gasteiger partial charge < -0.3 is 5.32 Å². The molecule has 0 aliphatic heterocycles. The number of amides is 1. The van der Waals surface area contributed by atoms with Crippen LogP contribution in [0, 0.1) is 17.3 Å². The summed E-state index contributed by atoms with van der Waals surface area (Å²) in [5, 5.41) is 2.33. The molecule has 0 unspecified atom stereocenters. The van der Waals surface area contributed by atoms with Gasteiger partial charge in [-0.25, -0.2) is 8.42 Å². The number of hydrogen-bond acceptors (Lipinski definition) is 3. The van der Waals surface area contributed by atoms with Gasteiger partial charge in [0.25, 0.3) is 5.91 Å². The predicted molar refractivity (Wildman–Crippen MR) is 117 cm³/mol. The quantitative estimate of drug-likeness (QED) is 0.511. The Hall–Kier alpha value is -1.28. The van der Waals surface area contributed by atoms with Gasteiger partial charge in [-0.05, 0) is 80.4 Å². The highest BCUT2D eigenvalue weighted by atomic mass is 35.5. The third-order valence-corrected chi connectivity index (χ3v) is 9.90. The average Bonchev–Trinajstić information content (AvgIpc) is 3.64. The Morgan fingerprint density at radius 1 is 1.06 bits per heavy atom. The largest absolute Gasteiger partial charge is 0.417 e. The van der Waals surface area contributed by atoms with E-state index in [4.69, 9.17) is 11.6 Å². The maximum atomic E-state index is 13.4. The summed E-state index contributed by atoms with van der Waals surface area (Å²) in [6.45, 7) is 0.262. The zero-order valence-corrected chi connectivity index (χ0v) is 19.5. The van der Waals surface area contributed by atoms with Crippen LogP contribution in [0.2, 0.25) is 5.02 Å². The molecule has 1 N–H and O–H groups in total. The number of halogens is 4. The molecular formula is C23H29ClF3NO3S. The lowest BCUT2D eigenvalue weighted by atomic mass is 9.70. The summed E-state index contributed by atoms with van der Waals surface area (Å²) in [7, 11) is -3.11. The summed E-state index contributed by atoms with van der Waals surface area (Å²) in [5.41, 5.74) is -1.74. The molecule has 0 heterocycles. The van der Waals surface area contributed by atoms with Crippen LogP contribution < -0.4 is 5.32 Å². The molecule has 32 heavy (non-hydrogen) atoms. The number of alkyl halides is 3. The fourth-order valence-electron chi connectivity index (χ4n) is 5.01. The van der Waals surface area contributed by atoms with Crippen molar-refractivity contribution >= 4 is 27.3 Å². The monoisotopic (exact) mass is 491 g/mol. The van der Waals surface area contributed by atoms with Gasteiger partial charge in [-0.2, -0.15) is 13.2 Å². The summed E-state index contributed by atoms with van der Waals surface area (Å²) in [5.74, 6) is 0.390. The van der Waals surface area contributed by atoms with Crippen molar-refractivity contribution in [1.82, 2.24) is 5.32 Å². The van der Waals surface area contributed by atoms with Crippen molar-refractivity contribution in [2.75, 3.05) is 12.3 Å². The highest BCUT2D eigenvalue weighted by molar-refractivity contribution is 7.92. The van der Waals surface area contributed by atoms with Crippen LogP contribution in [-0.4, -0.2) is 31.9 Å². The highest BCUT2D eigenvalue weighted by Gasteiger charge is 2.44. The summed E-state index contributed by atoms with van der Waals surface area (Å²) in [6.07, 6.45) is 2.90. The number of sulfone groups is 1. The van der Waals surface area contributed by atoms with Crippen LogP contribution >= 0.6 is 11.6 Å². The van der Waals surface area contributed by atoms with Crippen LogP contribution in [0.4, 0.5) is 13.2 Å². The van der Waals surface area contributed by atoms with E-state index in [2.05, 4.69) is 5.32 Å². The molecule has 0 saturated heterocycles. The Labute approximate surface area is 192 Å². The van der Waals surface area contributed by atoms with Crippen LogP contribution in [0.15, 0.2) is 18.2 Å². The van der Waals surface area contributed by atoms with E-state index < -0.39 is 33.0 Å². The smallest absolute Gasteiger partial charge is 0.351 e. The number of rotatable bonds is 8. The average molecular weight is 492 g/mol. The maximum absolute atomic E-state index is 13.4. The van der Waals surface area contributed by atoms with E-state index in [0.717, 1.165) is 44.2 Å². The van der Waals surface area contributed by atoms with Gasteiger partial charge in [0.05, 0.1) is 22.1 Å². The molecule has 3 saturated carbocycles. The van der Waals surface area contributed by atoms with E-state index in [0.29, 0.717) is 37.5 Å². The fraction of sp³-hybridized carbons (Fsp3) is 0.696. The normalized spacial score (nSPS) is 26.7. The molecule has 4 nitrogen and oxygen atoms in total. The van der Waals surface area contributed by atoms with Crippen LogP contribution in [0.25, 0.3) is 0 Å². The fourth-order valence-corrected chi connectivity index (χ4v) is 7.40. The highest BCUT2D eigenvalue weighted by Crippen LogP contribution is 2.49. The Bertz CT molecular complexity index is 963. The zero-order chi connectivity index (χ0) is 23.1. The van der Waals surface area contributed by atoms with E-state index in [1.54, 1.807) is 0 Å².